The third-order valence-electron chi connectivity index (χ3n) is 4.64. The van der Waals surface area contributed by atoms with E-state index < -0.39 is 0 Å². The maximum absolute atomic E-state index is 12.8. The van der Waals surface area contributed by atoms with Gasteiger partial charge in [-0.1, -0.05) is 54.6 Å². The van der Waals surface area contributed by atoms with E-state index in [1.807, 2.05) is 53.9 Å². The van der Waals surface area contributed by atoms with Crippen LogP contribution in [0.5, 0.6) is 0 Å². The highest BCUT2D eigenvalue weighted by molar-refractivity contribution is 7.14. The Balaban J connectivity index is 1.63. The van der Waals surface area contributed by atoms with Gasteiger partial charge in [0.1, 0.15) is 0 Å². The molecule has 1 aromatic heterocycles. The van der Waals surface area contributed by atoms with Crippen molar-refractivity contribution in [1.82, 2.24) is 4.98 Å². The monoisotopic (exact) mass is 358 g/mol. The molecule has 3 aromatic carbocycles. The number of thiazole rings is 1. The van der Waals surface area contributed by atoms with Crippen LogP contribution in [0.15, 0.2) is 66.0 Å². The molecule has 4 heteroatoms. The number of hydrogen-bond acceptors (Lipinski definition) is 3. The molecule has 26 heavy (non-hydrogen) atoms. The number of aromatic nitrogens is 1. The summed E-state index contributed by atoms with van der Waals surface area (Å²) in [6, 6.07) is 19.8. The molecule has 128 valence electrons. The maximum Gasteiger partial charge on any atom is 0.258 e. The molecule has 0 aliphatic rings. The summed E-state index contributed by atoms with van der Waals surface area (Å²) in [5, 5.41) is 7.53. The van der Waals surface area contributed by atoms with Crippen molar-refractivity contribution >= 4 is 33.1 Å². The molecule has 1 heterocycles. The van der Waals surface area contributed by atoms with Crippen molar-refractivity contribution in [2.75, 3.05) is 5.32 Å². The molecule has 0 atom stereocenters. The van der Waals surface area contributed by atoms with Crippen LogP contribution in [0.2, 0.25) is 0 Å². The Bertz CT molecular complexity index is 1110. The molecule has 0 fully saturated rings. The summed E-state index contributed by atoms with van der Waals surface area (Å²) < 4.78 is 0. The standard InChI is InChI=1S/C22H18N2OS/c1-14-7-5-11-17(15(14)2)20-13-26-22(23-20)24-21(25)19-12-6-9-16-8-3-4-10-18(16)19/h3-13H,1-2H3,(H,23,24,25). The number of carbonyl (C=O) groups excluding carboxylic acids is 1. The van der Waals surface area contributed by atoms with Crippen molar-refractivity contribution in [1.29, 1.82) is 0 Å². The average Bonchev–Trinajstić information content (AvgIpc) is 3.11. The lowest BCUT2D eigenvalue weighted by Crippen LogP contribution is -2.12. The first kappa shape index (κ1) is 16.5. The van der Waals surface area contributed by atoms with Crippen LogP contribution >= 0.6 is 11.3 Å². The Kier molecular flexibility index (Phi) is 4.27. The number of fused-ring (bicyclic) bond motifs is 1. The van der Waals surface area contributed by atoms with Crippen molar-refractivity contribution in [3.05, 3.63) is 82.7 Å². The second kappa shape index (κ2) is 6.73. The summed E-state index contributed by atoms with van der Waals surface area (Å²) in [7, 11) is 0. The van der Waals surface area contributed by atoms with Crippen molar-refractivity contribution in [2.45, 2.75) is 13.8 Å². The van der Waals surface area contributed by atoms with Crippen LogP contribution in [0.1, 0.15) is 21.5 Å². The van der Waals surface area contributed by atoms with Crippen molar-refractivity contribution in [3.63, 3.8) is 0 Å². The van der Waals surface area contributed by atoms with E-state index in [9.17, 15) is 4.79 Å². The lowest BCUT2D eigenvalue weighted by molar-refractivity contribution is 0.102. The van der Waals surface area contributed by atoms with Gasteiger partial charge < -0.3 is 0 Å². The van der Waals surface area contributed by atoms with Crippen LogP contribution in [0.3, 0.4) is 0 Å². The lowest BCUT2D eigenvalue weighted by atomic mass is 10.0. The first-order valence-electron chi connectivity index (χ1n) is 8.45. The molecule has 0 bridgehead atoms. The van der Waals surface area contributed by atoms with Crippen LogP contribution in [0.4, 0.5) is 5.13 Å². The highest BCUT2D eigenvalue weighted by Gasteiger charge is 2.13. The zero-order valence-corrected chi connectivity index (χ0v) is 15.4. The predicted molar refractivity (Wildman–Crippen MR) is 109 cm³/mol. The molecule has 0 radical (unpaired) electrons. The molecule has 3 nitrogen and oxygen atoms in total. The number of amides is 1. The van der Waals surface area contributed by atoms with E-state index in [1.165, 1.54) is 22.5 Å². The minimum absolute atomic E-state index is 0.135. The molecule has 4 aromatic rings. The van der Waals surface area contributed by atoms with Crippen LogP contribution < -0.4 is 5.32 Å². The molecule has 0 aliphatic carbocycles. The highest BCUT2D eigenvalue weighted by Crippen LogP contribution is 2.29. The summed E-state index contributed by atoms with van der Waals surface area (Å²) in [6.45, 7) is 4.19. The highest BCUT2D eigenvalue weighted by atomic mass is 32.1. The van der Waals surface area contributed by atoms with E-state index in [0.29, 0.717) is 10.7 Å². The summed E-state index contributed by atoms with van der Waals surface area (Å²) in [4.78, 5) is 17.4. The Morgan fingerprint density at radius 2 is 1.73 bits per heavy atom. The molecule has 1 amide bonds. The Labute approximate surface area is 156 Å². The number of carbonyl (C=O) groups is 1. The number of nitrogens with zero attached hydrogens (tertiary/aromatic N) is 1. The van der Waals surface area contributed by atoms with Gasteiger partial charge in [-0.25, -0.2) is 4.98 Å². The fraction of sp³-hybridized carbons (Fsp3) is 0.0909. The van der Waals surface area contributed by atoms with E-state index >= 15 is 0 Å². The van der Waals surface area contributed by atoms with Crippen LogP contribution in [-0.4, -0.2) is 10.9 Å². The van der Waals surface area contributed by atoms with Gasteiger partial charge in [0.15, 0.2) is 5.13 Å². The van der Waals surface area contributed by atoms with Crippen LogP contribution in [-0.2, 0) is 0 Å². The second-order valence-corrected chi connectivity index (χ2v) is 7.12. The minimum atomic E-state index is -0.135. The molecule has 0 unspecified atom stereocenters. The normalized spacial score (nSPS) is 10.8. The van der Waals surface area contributed by atoms with E-state index in [-0.39, 0.29) is 5.91 Å². The zero-order chi connectivity index (χ0) is 18.1. The van der Waals surface area contributed by atoms with Gasteiger partial charge in [-0.3, -0.25) is 10.1 Å². The molecule has 4 rings (SSSR count). The molecule has 0 spiro atoms. The number of anilines is 1. The molecule has 0 saturated carbocycles. The van der Waals surface area contributed by atoms with Gasteiger partial charge in [-0.2, -0.15) is 0 Å². The smallest absolute Gasteiger partial charge is 0.258 e. The summed E-state index contributed by atoms with van der Waals surface area (Å²) in [5.41, 5.74) is 5.10. The van der Waals surface area contributed by atoms with E-state index in [4.69, 9.17) is 0 Å². The predicted octanol–water partition coefficient (Wildman–Crippen LogP) is 5.83. The van der Waals surface area contributed by atoms with Gasteiger partial charge in [-0.05, 0) is 41.8 Å². The van der Waals surface area contributed by atoms with Crippen LogP contribution in [0.25, 0.3) is 22.0 Å². The van der Waals surface area contributed by atoms with Gasteiger partial charge in [0.05, 0.1) is 5.69 Å². The van der Waals surface area contributed by atoms with Gasteiger partial charge in [-0.15, -0.1) is 11.3 Å². The minimum Gasteiger partial charge on any atom is -0.298 e. The molecule has 0 aliphatic heterocycles. The number of aryl methyl sites for hydroxylation is 1. The van der Waals surface area contributed by atoms with Gasteiger partial charge in [0, 0.05) is 16.5 Å². The molecule has 0 saturated heterocycles. The summed E-state index contributed by atoms with van der Waals surface area (Å²) >= 11 is 1.44. The average molecular weight is 358 g/mol. The Hall–Kier alpha value is -2.98. The first-order valence-corrected chi connectivity index (χ1v) is 9.32. The van der Waals surface area contributed by atoms with Gasteiger partial charge in [0.2, 0.25) is 0 Å². The third-order valence-corrected chi connectivity index (χ3v) is 5.40. The molecular formula is C22H18N2OS. The molecular weight excluding hydrogens is 340 g/mol. The van der Waals surface area contributed by atoms with Crippen molar-refractivity contribution in [3.8, 4) is 11.3 Å². The first-order chi connectivity index (χ1) is 12.6. The second-order valence-electron chi connectivity index (χ2n) is 6.27. The Morgan fingerprint density at radius 3 is 2.62 bits per heavy atom. The van der Waals surface area contributed by atoms with Crippen molar-refractivity contribution < 1.29 is 4.79 Å². The van der Waals surface area contributed by atoms with Gasteiger partial charge in [0.25, 0.3) is 5.91 Å². The molecule has 1 N–H and O–H groups in total. The fourth-order valence-electron chi connectivity index (χ4n) is 3.07. The van der Waals surface area contributed by atoms with E-state index in [2.05, 4.69) is 36.3 Å². The number of benzene rings is 3. The van der Waals surface area contributed by atoms with Crippen molar-refractivity contribution in [2.24, 2.45) is 0 Å². The van der Waals surface area contributed by atoms with Gasteiger partial charge >= 0.3 is 0 Å². The summed E-state index contributed by atoms with van der Waals surface area (Å²) in [5.74, 6) is -0.135. The van der Waals surface area contributed by atoms with E-state index in [0.717, 1.165) is 22.0 Å². The fourth-order valence-corrected chi connectivity index (χ4v) is 3.78. The quantitative estimate of drug-likeness (QED) is 0.500. The number of nitrogens with one attached hydrogen (secondary N) is 1. The maximum atomic E-state index is 12.8. The van der Waals surface area contributed by atoms with E-state index in [1.54, 1.807) is 0 Å². The topological polar surface area (TPSA) is 42.0 Å². The number of hydrogen-bond donors (Lipinski definition) is 1. The zero-order valence-electron chi connectivity index (χ0n) is 14.6. The number of rotatable bonds is 3. The van der Waals surface area contributed by atoms with Crippen LogP contribution in [0, 0.1) is 13.8 Å². The largest absolute Gasteiger partial charge is 0.298 e. The Morgan fingerprint density at radius 1 is 0.962 bits per heavy atom. The SMILES string of the molecule is Cc1cccc(-c2csc(NC(=O)c3cccc4ccccc34)n2)c1C. The summed E-state index contributed by atoms with van der Waals surface area (Å²) in [6.07, 6.45) is 0. The lowest BCUT2D eigenvalue weighted by Gasteiger charge is -2.07. The third kappa shape index (κ3) is 3.00.